The van der Waals surface area contributed by atoms with Gasteiger partial charge in [0, 0.05) is 0 Å². The minimum atomic E-state index is 1.13. The molecule has 0 nitrogen and oxygen atoms in total. The van der Waals surface area contributed by atoms with E-state index in [1.54, 1.807) is 0 Å². The first-order valence-electron chi connectivity index (χ1n) is 6.86. The van der Waals surface area contributed by atoms with Crippen LogP contribution in [0.2, 0.25) is 0 Å². The molecule has 1 aromatic rings. The van der Waals surface area contributed by atoms with E-state index in [1.165, 1.54) is 30.4 Å². The van der Waals surface area contributed by atoms with Gasteiger partial charge in [0.25, 0.3) is 0 Å². The van der Waals surface area contributed by atoms with Crippen molar-refractivity contribution in [1.29, 1.82) is 0 Å². The molecule has 1 aromatic carbocycles. The first-order valence-corrected chi connectivity index (χ1v) is 6.86. The predicted octanol–water partition coefficient (Wildman–Crippen LogP) is 5.86. The zero-order valence-electron chi connectivity index (χ0n) is 12.2. The summed E-state index contributed by atoms with van der Waals surface area (Å²) in [7, 11) is 0. The smallest absolute Gasteiger partial charge is 0.0231 e. The highest BCUT2D eigenvalue weighted by atomic mass is 14.2. The van der Waals surface area contributed by atoms with E-state index >= 15 is 0 Å². The van der Waals surface area contributed by atoms with Crippen LogP contribution < -0.4 is 0 Å². The molecule has 1 saturated carbocycles. The normalized spacial score (nSPS) is 12.8. The maximum absolute atomic E-state index is 3.87. The van der Waals surface area contributed by atoms with Crippen LogP contribution in [0.3, 0.4) is 0 Å². The van der Waals surface area contributed by atoms with Gasteiger partial charge >= 0.3 is 0 Å². The quantitative estimate of drug-likeness (QED) is 0.599. The van der Waals surface area contributed by atoms with Crippen LogP contribution in [0.4, 0.5) is 0 Å². The molecule has 1 aliphatic carbocycles. The summed E-state index contributed by atoms with van der Waals surface area (Å²) in [4.78, 5) is 0. The zero-order chi connectivity index (χ0) is 13.3. The maximum Gasteiger partial charge on any atom is -0.0231 e. The molecule has 0 N–H and O–H groups in total. The van der Waals surface area contributed by atoms with Crippen LogP contribution in [0, 0.1) is 12.8 Å². The van der Waals surface area contributed by atoms with Crippen molar-refractivity contribution in [3.63, 3.8) is 0 Å². The lowest BCUT2D eigenvalue weighted by molar-refractivity contribution is 0.799. The van der Waals surface area contributed by atoms with Gasteiger partial charge in [-0.2, -0.15) is 0 Å². The average molecular weight is 232 g/mol. The lowest BCUT2D eigenvalue weighted by Crippen LogP contribution is -1.77. The second kappa shape index (κ2) is 9.04. The summed E-state index contributed by atoms with van der Waals surface area (Å²) >= 11 is 0. The fourth-order valence-corrected chi connectivity index (χ4v) is 1.44. The van der Waals surface area contributed by atoms with Crippen molar-refractivity contribution < 1.29 is 0 Å². The summed E-state index contributed by atoms with van der Waals surface area (Å²) in [5.74, 6) is 1.13. The summed E-state index contributed by atoms with van der Waals surface area (Å²) in [5, 5.41) is 0. The summed E-state index contributed by atoms with van der Waals surface area (Å²) in [6, 6.07) is 8.36. The van der Waals surface area contributed by atoms with Crippen LogP contribution in [-0.2, 0) is 0 Å². The monoisotopic (exact) mass is 232 g/mol. The third kappa shape index (κ3) is 7.79. The molecule has 0 heteroatoms. The Morgan fingerprint density at radius 3 is 2.12 bits per heavy atom. The molecule has 17 heavy (non-hydrogen) atoms. The maximum atomic E-state index is 3.87. The van der Waals surface area contributed by atoms with E-state index in [-0.39, 0.29) is 0 Å². The second-order valence-electron chi connectivity index (χ2n) is 4.50. The average Bonchev–Trinajstić information content (AvgIpc) is 3.16. The SMILES string of the molecule is C=C(C)c1cccc(C)c1.CC.CCC1CC1. The molecule has 0 saturated heterocycles. The molecule has 0 spiro atoms. The molecule has 0 aliphatic heterocycles. The van der Waals surface area contributed by atoms with Crippen molar-refractivity contribution in [2.24, 2.45) is 5.92 Å². The number of benzene rings is 1. The Morgan fingerprint density at radius 2 is 1.88 bits per heavy atom. The second-order valence-corrected chi connectivity index (χ2v) is 4.50. The highest BCUT2D eigenvalue weighted by Crippen LogP contribution is 2.31. The van der Waals surface area contributed by atoms with Crippen molar-refractivity contribution >= 4 is 5.57 Å². The number of hydrogen-bond acceptors (Lipinski definition) is 0. The van der Waals surface area contributed by atoms with E-state index in [4.69, 9.17) is 0 Å². The van der Waals surface area contributed by atoms with Gasteiger partial charge in [0.2, 0.25) is 0 Å². The van der Waals surface area contributed by atoms with E-state index in [0.29, 0.717) is 0 Å². The van der Waals surface area contributed by atoms with Crippen molar-refractivity contribution in [2.75, 3.05) is 0 Å². The molecule has 2 rings (SSSR count). The molecule has 0 atom stereocenters. The summed E-state index contributed by atoms with van der Waals surface area (Å²) < 4.78 is 0. The lowest BCUT2D eigenvalue weighted by atomic mass is 10.1. The first-order chi connectivity index (χ1) is 8.13. The van der Waals surface area contributed by atoms with Gasteiger partial charge in [0.05, 0.1) is 0 Å². The first kappa shape index (κ1) is 16.0. The lowest BCUT2D eigenvalue weighted by Gasteiger charge is -1.98. The fraction of sp³-hybridized carbons (Fsp3) is 0.529. The van der Waals surface area contributed by atoms with Gasteiger partial charge in [-0.15, -0.1) is 0 Å². The predicted molar refractivity (Wildman–Crippen MR) is 80.3 cm³/mol. The summed E-state index contributed by atoms with van der Waals surface area (Å²) in [6.45, 7) is 14.2. The van der Waals surface area contributed by atoms with Gasteiger partial charge in [0.15, 0.2) is 0 Å². The van der Waals surface area contributed by atoms with Crippen LogP contribution in [-0.4, -0.2) is 0 Å². The number of hydrogen-bond donors (Lipinski definition) is 0. The molecule has 0 radical (unpaired) electrons. The Balaban J connectivity index is 0.000000306. The van der Waals surface area contributed by atoms with E-state index in [2.05, 4.69) is 44.7 Å². The highest BCUT2D eigenvalue weighted by Gasteiger charge is 2.17. The van der Waals surface area contributed by atoms with Gasteiger partial charge in [-0.05, 0) is 25.3 Å². The zero-order valence-corrected chi connectivity index (χ0v) is 12.2. The van der Waals surface area contributed by atoms with Crippen molar-refractivity contribution in [2.45, 2.75) is 53.9 Å². The topological polar surface area (TPSA) is 0 Å². The van der Waals surface area contributed by atoms with Crippen molar-refractivity contribution in [3.05, 3.63) is 42.0 Å². The Kier molecular flexibility index (Phi) is 8.49. The van der Waals surface area contributed by atoms with Crippen LogP contribution in [0.15, 0.2) is 30.8 Å². The Bertz CT molecular complexity index is 319. The largest absolute Gasteiger partial charge is 0.0955 e. The van der Waals surface area contributed by atoms with Crippen LogP contribution in [0.1, 0.15) is 58.1 Å². The number of rotatable bonds is 2. The molecule has 0 heterocycles. The Hall–Kier alpha value is -1.04. The highest BCUT2D eigenvalue weighted by molar-refractivity contribution is 5.61. The summed E-state index contributed by atoms with van der Waals surface area (Å²) in [6.07, 6.45) is 4.44. The molecular formula is C17H28. The van der Waals surface area contributed by atoms with Gasteiger partial charge in [0.1, 0.15) is 0 Å². The molecule has 0 aromatic heterocycles. The Labute approximate surface area is 108 Å². The molecule has 0 unspecified atom stereocenters. The standard InChI is InChI=1S/C10H12.C5H10.C2H6/c1-8(2)10-6-4-5-9(3)7-10;1-2-5-3-4-5;1-2/h4-7H,1H2,2-3H3;5H,2-4H2,1H3;1-2H3. The molecule has 1 fully saturated rings. The summed E-state index contributed by atoms with van der Waals surface area (Å²) in [5.41, 5.74) is 3.66. The van der Waals surface area contributed by atoms with E-state index < -0.39 is 0 Å². The minimum Gasteiger partial charge on any atom is -0.0955 e. The molecule has 0 bridgehead atoms. The molecule has 96 valence electrons. The number of aryl methyl sites for hydroxylation is 1. The van der Waals surface area contributed by atoms with Crippen LogP contribution in [0.25, 0.3) is 5.57 Å². The molecular weight excluding hydrogens is 204 g/mol. The fourth-order valence-electron chi connectivity index (χ4n) is 1.44. The van der Waals surface area contributed by atoms with E-state index in [9.17, 15) is 0 Å². The van der Waals surface area contributed by atoms with Crippen LogP contribution >= 0.6 is 0 Å². The van der Waals surface area contributed by atoms with Gasteiger partial charge in [-0.3, -0.25) is 0 Å². The van der Waals surface area contributed by atoms with Gasteiger partial charge < -0.3 is 0 Å². The minimum absolute atomic E-state index is 1.13. The van der Waals surface area contributed by atoms with Crippen molar-refractivity contribution in [1.82, 2.24) is 0 Å². The van der Waals surface area contributed by atoms with E-state index in [0.717, 1.165) is 11.5 Å². The van der Waals surface area contributed by atoms with Gasteiger partial charge in [-0.1, -0.05) is 82.0 Å². The van der Waals surface area contributed by atoms with Crippen molar-refractivity contribution in [3.8, 4) is 0 Å². The third-order valence-electron chi connectivity index (χ3n) is 2.79. The number of allylic oxidation sites excluding steroid dienone is 1. The molecule has 1 aliphatic rings. The van der Waals surface area contributed by atoms with E-state index in [1.807, 2.05) is 20.8 Å². The molecule has 0 amide bonds. The van der Waals surface area contributed by atoms with Crippen LogP contribution in [0.5, 0.6) is 0 Å². The third-order valence-corrected chi connectivity index (χ3v) is 2.79. The Morgan fingerprint density at radius 1 is 1.29 bits per heavy atom. The van der Waals surface area contributed by atoms with Gasteiger partial charge in [-0.25, -0.2) is 0 Å².